The number of H-pyrrole nitrogens is 1. The average molecular weight is 478 g/mol. The number of carbonyl (C=O) groups excluding carboxylic acids is 1. The van der Waals surface area contributed by atoms with Gasteiger partial charge in [0, 0.05) is 15.6 Å². The lowest BCUT2D eigenvalue weighted by atomic mass is 10.1. The minimum Gasteiger partial charge on any atom is -0.493 e. The van der Waals surface area contributed by atoms with E-state index in [-0.39, 0.29) is 11.5 Å². The van der Waals surface area contributed by atoms with Crippen molar-refractivity contribution in [3.8, 4) is 28.6 Å². The number of hydrogen-bond donors (Lipinski definition) is 1. The molecule has 0 radical (unpaired) electrons. The molecule has 0 bridgehead atoms. The number of carbonyl (C=O) groups is 1. The Morgan fingerprint density at radius 3 is 2.38 bits per heavy atom. The maximum atomic E-state index is 12.3. The standard InChI is InChI=1S/C20H20BrN3O4S/c1-4-28-18-16(26-2)9-13(10-17(18)27-3)19-22-20(24-23-19)29-11-15(25)12-5-7-14(21)8-6-12/h5-10H,4,11H2,1-3H3,(H,22,23,24). The largest absolute Gasteiger partial charge is 0.493 e. The molecule has 2 aromatic carbocycles. The van der Waals surface area contributed by atoms with Crippen LogP contribution < -0.4 is 14.2 Å². The molecule has 1 aromatic heterocycles. The fourth-order valence-corrected chi connectivity index (χ4v) is 3.55. The van der Waals surface area contributed by atoms with E-state index >= 15 is 0 Å². The lowest BCUT2D eigenvalue weighted by Gasteiger charge is -2.14. The van der Waals surface area contributed by atoms with E-state index in [2.05, 4.69) is 31.1 Å². The van der Waals surface area contributed by atoms with E-state index < -0.39 is 0 Å². The number of ketones is 1. The zero-order chi connectivity index (χ0) is 20.8. The van der Waals surface area contributed by atoms with Crippen molar-refractivity contribution in [3.05, 3.63) is 46.4 Å². The second-order valence-corrected chi connectivity index (χ2v) is 7.69. The fourth-order valence-electron chi connectivity index (χ4n) is 2.59. The summed E-state index contributed by atoms with van der Waals surface area (Å²) in [6.45, 7) is 2.38. The Bertz CT molecular complexity index is 967. The van der Waals surface area contributed by atoms with Crippen LogP contribution in [0, 0.1) is 0 Å². The lowest BCUT2D eigenvalue weighted by Crippen LogP contribution is -2.02. The highest BCUT2D eigenvalue weighted by atomic mass is 79.9. The van der Waals surface area contributed by atoms with E-state index in [9.17, 15) is 4.79 Å². The van der Waals surface area contributed by atoms with Crippen LogP contribution in [0.25, 0.3) is 11.4 Å². The smallest absolute Gasteiger partial charge is 0.209 e. The van der Waals surface area contributed by atoms with Crippen molar-refractivity contribution >= 4 is 33.5 Å². The van der Waals surface area contributed by atoms with Crippen LogP contribution in [-0.2, 0) is 0 Å². The maximum absolute atomic E-state index is 12.3. The lowest BCUT2D eigenvalue weighted by molar-refractivity contribution is 0.102. The molecule has 152 valence electrons. The summed E-state index contributed by atoms with van der Waals surface area (Å²) in [5, 5.41) is 7.58. The van der Waals surface area contributed by atoms with Crippen LogP contribution in [0.15, 0.2) is 46.0 Å². The van der Waals surface area contributed by atoms with Gasteiger partial charge in [-0.05, 0) is 31.2 Å². The topological polar surface area (TPSA) is 86.3 Å². The third-order valence-electron chi connectivity index (χ3n) is 3.99. The zero-order valence-electron chi connectivity index (χ0n) is 16.2. The molecule has 0 saturated carbocycles. The van der Waals surface area contributed by atoms with E-state index in [0.29, 0.717) is 40.4 Å². The van der Waals surface area contributed by atoms with Crippen LogP contribution in [0.5, 0.6) is 17.2 Å². The highest BCUT2D eigenvalue weighted by Gasteiger charge is 2.17. The van der Waals surface area contributed by atoms with Crippen molar-refractivity contribution in [3.63, 3.8) is 0 Å². The van der Waals surface area contributed by atoms with Crippen molar-refractivity contribution in [2.24, 2.45) is 0 Å². The summed E-state index contributed by atoms with van der Waals surface area (Å²) in [6.07, 6.45) is 0. The molecule has 29 heavy (non-hydrogen) atoms. The Morgan fingerprint density at radius 1 is 1.14 bits per heavy atom. The number of Topliss-reactive ketones (excluding diaryl/α,β-unsaturated/α-hetero) is 1. The van der Waals surface area contributed by atoms with Gasteiger partial charge < -0.3 is 14.2 Å². The van der Waals surface area contributed by atoms with Gasteiger partial charge in [-0.25, -0.2) is 4.98 Å². The molecule has 0 aliphatic heterocycles. The molecule has 0 fully saturated rings. The number of methoxy groups -OCH3 is 2. The second kappa shape index (κ2) is 9.80. The van der Waals surface area contributed by atoms with Crippen LogP contribution >= 0.6 is 27.7 Å². The van der Waals surface area contributed by atoms with Crippen molar-refractivity contribution < 1.29 is 19.0 Å². The van der Waals surface area contributed by atoms with Gasteiger partial charge in [-0.3, -0.25) is 9.89 Å². The van der Waals surface area contributed by atoms with E-state index in [1.807, 2.05) is 19.1 Å². The highest BCUT2D eigenvalue weighted by molar-refractivity contribution is 9.10. The Morgan fingerprint density at radius 2 is 1.79 bits per heavy atom. The van der Waals surface area contributed by atoms with Gasteiger partial charge in [0.25, 0.3) is 0 Å². The van der Waals surface area contributed by atoms with Crippen LogP contribution in [-0.4, -0.2) is 47.5 Å². The number of aromatic amines is 1. The number of aromatic nitrogens is 3. The van der Waals surface area contributed by atoms with Gasteiger partial charge in [-0.2, -0.15) is 0 Å². The van der Waals surface area contributed by atoms with Crippen molar-refractivity contribution in [2.45, 2.75) is 12.1 Å². The number of ether oxygens (including phenoxy) is 3. The molecule has 0 spiro atoms. The number of nitrogens with one attached hydrogen (secondary N) is 1. The first-order valence-corrected chi connectivity index (χ1v) is 10.6. The highest BCUT2D eigenvalue weighted by Crippen LogP contribution is 2.41. The first kappa shape index (κ1) is 21.2. The van der Waals surface area contributed by atoms with E-state index in [4.69, 9.17) is 14.2 Å². The van der Waals surface area contributed by atoms with E-state index in [0.717, 1.165) is 10.0 Å². The summed E-state index contributed by atoms with van der Waals surface area (Å²) in [4.78, 5) is 16.8. The average Bonchev–Trinajstić information content (AvgIpc) is 3.22. The summed E-state index contributed by atoms with van der Waals surface area (Å²) in [5.41, 5.74) is 1.39. The molecule has 0 saturated heterocycles. The summed E-state index contributed by atoms with van der Waals surface area (Å²) in [7, 11) is 3.13. The van der Waals surface area contributed by atoms with Gasteiger partial charge in [-0.1, -0.05) is 39.8 Å². The Labute approximate surface area is 181 Å². The predicted octanol–water partition coefficient (Wildman–Crippen LogP) is 4.63. The predicted molar refractivity (Wildman–Crippen MR) is 115 cm³/mol. The molecule has 3 aromatic rings. The van der Waals surface area contributed by atoms with Crippen LogP contribution in [0.4, 0.5) is 0 Å². The number of nitrogens with zero attached hydrogens (tertiary/aromatic N) is 2. The summed E-state index contributed by atoms with van der Waals surface area (Å²) in [5.74, 6) is 2.42. The SMILES string of the molecule is CCOc1c(OC)cc(-c2nc(SCC(=O)c3ccc(Br)cc3)n[nH]2)cc1OC. The first-order chi connectivity index (χ1) is 14.0. The molecular formula is C20H20BrN3O4S. The normalized spacial score (nSPS) is 10.6. The van der Waals surface area contributed by atoms with Crippen molar-refractivity contribution in [1.29, 1.82) is 0 Å². The molecule has 1 heterocycles. The third-order valence-corrected chi connectivity index (χ3v) is 5.36. The molecule has 0 amide bonds. The van der Waals surface area contributed by atoms with Gasteiger partial charge in [-0.15, -0.1) is 5.10 Å². The molecule has 3 rings (SSSR count). The summed E-state index contributed by atoms with van der Waals surface area (Å²) >= 11 is 4.63. The molecular weight excluding hydrogens is 458 g/mol. The van der Waals surface area contributed by atoms with Gasteiger partial charge in [0.05, 0.1) is 26.6 Å². The quantitative estimate of drug-likeness (QED) is 0.355. The van der Waals surface area contributed by atoms with Crippen molar-refractivity contribution in [1.82, 2.24) is 15.2 Å². The molecule has 0 aliphatic rings. The summed E-state index contributed by atoms with van der Waals surface area (Å²) < 4.78 is 17.4. The second-order valence-electron chi connectivity index (χ2n) is 5.83. The number of hydrogen-bond acceptors (Lipinski definition) is 7. The fraction of sp³-hybridized carbons (Fsp3) is 0.250. The molecule has 7 nitrogen and oxygen atoms in total. The molecule has 0 aliphatic carbocycles. The van der Waals surface area contributed by atoms with Crippen LogP contribution in [0.2, 0.25) is 0 Å². The van der Waals surface area contributed by atoms with Gasteiger partial charge >= 0.3 is 0 Å². The Balaban J connectivity index is 1.75. The van der Waals surface area contributed by atoms with E-state index in [1.165, 1.54) is 11.8 Å². The minimum absolute atomic E-state index is 0.0123. The summed E-state index contributed by atoms with van der Waals surface area (Å²) in [6, 6.07) is 10.9. The van der Waals surface area contributed by atoms with Crippen molar-refractivity contribution in [2.75, 3.05) is 26.6 Å². The Hall–Kier alpha value is -2.52. The number of thioether (sulfide) groups is 1. The molecule has 9 heteroatoms. The maximum Gasteiger partial charge on any atom is 0.209 e. The first-order valence-electron chi connectivity index (χ1n) is 8.78. The molecule has 0 unspecified atom stereocenters. The van der Waals surface area contributed by atoms with Crippen LogP contribution in [0.1, 0.15) is 17.3 Å². The van der Waals surface area contributed by atoms with Gasteiger partial charge in [0.2, 0.25) is 10.9 Å². The van der Waals surface area contributed by atoms with Gasteiger partial charge in [0.15, 0.2) is 23.1 Å². The van der Waals surface area contributed by atoms with Crippen LogP contribution in [0.3, 0.4) is 0 Å². The monoisotopic (exact) mass is 477 g/mol. The van der Waals surface area contributed by atoms with E-state index in [1.54, 1.807) is 38.5 Å². The zero-order valence-corrected chi connectivity index (χ0v) is 18.6. The third kappa shape index (κ3) is 5.10. The Kier molecular flexibility index (Phi) is 7.16. The number of benzene rings is 2. The molecule has 1 N–H and O–H groups in total. The minimum atomic E-state index is 0.0123. The number of rotatable bonds is 9. The van der Waals surface area contributed by atoms with Gasteiger partial charge in [0.1, 0.15) is 0 Å². The molecule has 0 atom stereocenters. The number of halogens is 1.